The van der Waals surface area contributed by atoms with E-state index in [-0.39, 0.29) is 11.3 Å². The van der Waals surface area contributed by atoms with Crippen LogP contribution < -0.4 is 5.32 Å². The highest BCUT2D eigenvalue weighted by Crippen LogP contribution is 2.23. The molecule has 0 aliphatic rings. The summed E-state index contributed by atoms with van der Waals surface area (Å²) in [7, 11) is 0. The molecule has 0 spiro atoms. The number of halogens is 3. The third-order valence-electron chi connectivity index (χ3n) is 2.70. The van der Waals surface area contributed by atoms with E-state index in [9.17, 15) is 9.18 Å². The summed E-state index contributed by atoms with van der Waals surface area (Å²) >= 11 is 9.20. The van der Waals surface area contributed by atoms with E-state index in [0.29, 0.717) is 11.6 Å². The van der Waals surface area contributed by atoms with Crippen molar-refractivity contribution >= 4 is 39.2 Å². The second-order valence-corrected chi connectivity index (χ2v) is 5.38. The Bertz CT molecular complexity index is 664. The van der Waals surface area contributed by atoms with E-state index in [4.69, 9.17) is 16.7 Å². The largest absolute Gasteiger partial charge is 0.478 e. The molecule has 0 amide bonds. The van der Waals surface area contributed by atoms with Crippen LogP contribution in [0.2, 0.25) is 5.02 Å². The van der Waals surface area contributed by atoms with E-state index in [0.717, 1.165) is 16.1 Å². The van der Waals surface area contributed by atoms with Crippen LogP contribution in [0.15, 0.2) is 40.9 Å². The van der Waals surface area contributed by atoms with E-state index >= 15 is 0 Å². The Morgan fingerprint density at radius 3 is 2.70 bits per heavy atom. The zero-order valence-corrected chi connectivity index (χ0v) is 12.5. The molecule has 6 heteroatoms. The first-order valence-electron chi connectivity index (χ1n) is 5.68. The third kappa shape index (κ3) is 3.49. The fraction of sp³-hybridized carbons (Fsp3) is 0.0714. The summed E-state index contributed by atoms with van der Waals surface area (Å²) in [6.45, 7) is 0.345. The Labute approximate surface area is 128 Å². The van der Waals surface area contributed by atoms with Crippen LogP contribution in [0.4, 0.5) is 10.1 Å². The number of anilines is 1. The monoisotopic (exact) mass is 357 g/mol. The average molecular weight is 359 g/mol. The van der Waals surface area contributed by atoms with Gasteiger partial charge in [0.15, 0.2) is 0 Å². The van der Waals surface area contributed by atoms with E-state index in [2.05, 4.69) is 21.2 Å². The van der Waals surface area contributed by atoms with Crippen LogP contribution in [0.1, 0.15) is 15.9 Å². The minimum Gasteiger partial charge on any atom is -0.478 e. The maximum absolute atomic E-state index is 13.6. The van der Waals surface area contributed by atoms with Gasteiger partial charge in [-0.1, -0.05) is 33.6 Å². The van der Waals surface area contributed by atoms with Gasteiger partial charge in [-0.05, 0) is 35.9 Å². The van der Waals surface area contributed by atoms with Crippen molar-refractivity contribution in [3.63, 3.8) is 0 Å². The third-order valence-corrected chi connectivity index (χ3v) is 3.67. The summed E-state index contributed by atoms with van der Waals surface area (Å²) in [6.07, 6.45) is 0. The molecule has 0 aliphatic carbocycles. The topological polar surface area (TPSA) is 49.3 Å². The Hall–Kier alpha value is -1.59. The molecule has 0 saturated carbocycles. The lowest BCUT2D eigenvalue weighted by Crippen LogP contribution is -2.04. The van der Waals surface area contributed by atoms with Crippen LogP contribution in [0.5, 0.6) is 0 Å². The average Bonchev–Trinajstić information content (AvgIpc) is 2.39. The van der Waals surface area contributed by atoms with Crippen molar-refractivity contribution in [1.29, 1.82) is 0 Å². The van der Waals surface area contributed by atoms with E-state index in [1.807, 2.05) is 0 Å². The minimum absolute atomic E-state index is 0.0315. The normalized spacial score (nSPS) is 10.3. The lowest BCUT2D eigenvalue weighted by atomic mass is 10.1. The van der Waals surface area contributed by atoms with Crippen molar-refractivity contribution in [1.82, 2.24) is 0 Å². The fourth-order valence-corrected chi connectivity index (χ4v) is 2.47. The number of hydrogen-bond acceptors (Lipinski definition) is 2. The Morgan fingerprint density at radius 2 is 2.05 bits per heavy atom. The molecule has 3 nitrogen and oxygen atoms in total. The van der Waals surface area contributed by atoms with Crippen LogP contribution in [0, 0.1) is 5.82 Å². The number of aromatic carboxylic acids is 1. The van der Waals surface area contributed by atoms with E-state index in [1.165, 1.54) is 12.1 Å². The molecule has 0 saturated heterocycles. The Kier molecular flexibility index (Phi) is 4.62. The fourth-order valence-electron chi connectivity index (χ4n) is 1.65. The summed E-state index contributed by atoms with van der Waals surface area (Å²) < 4.78 is 14.4. The molecule has 20 heavy (non-hydrogen) atoms. The molecule has 0 aliphatic heterocycles. The maximum atomic E-state index is 13.6. The standard InChI is InChI=1S/C14H10BrClFNO2/c15-11-6-10(16)3-1-9(11)7-18-13-5-8(14(19)20)2-4-12(13)17/h1-6,18H,7H2,(H,19,20). The number of carbonyl (C=O) groups is 1. The van der Waals surface area contributed by atoms with Crippen molar-refractivity contribution in [2.75, 3.05) is 5.32 Å². The lowest BCUT2D eigenvalue weighted by molar-refractivity contribution is 0.0697. The molecule has 2 rings (SSSR count). The number of rotatable bonds is 4. The molecular formula is C14H10BrClFNO2. The Morgan fingerprint density at radius 1 is 1.30 bits per heavy atom. The lowest BCUT2D eigenvalue weighted by Gasteiger charge is -2.10. The number of hydrogen-bond donors (Lipinski definition) is 2. The van der Waals surface area contributed by atoms with Crippen LogP contribution in [-0.4, -0.2) is 11.1 Å². The molecule has 0 radical (unpaired) electrons. The summed E-state index contributed by atoms with van der Waals surface area (Å²) in [4.78, 5) is 10.9. The van der Waals surface area contributed by atoms with Gasteiger partial charge in [-0.25, -0.2) is 9.18 Å². The van der Waals surface area contributed by atoms with Gasteiger partial charge in [-0.3, -0.25) is 0 Å². The highest BCUT2D eigenvalue weighted by atomic mass is 79.9. The number of nitrogens with one attached hydrogen (secondary N) is 1. The van der Waals surface area contributed by atoms with Crippen molar-refractivity contribution in [3.8, 4) is 0 Å². The van der Waals surface area contributed by atoms with Crippen LogP contribution in [0.3, 0.4) is 0 Å². The highest BCUT2D eigenvalue weighted by Gasteiger charge is 2.09. The molecule has 2 N–H and O–H groups in total. The smallest absolute Gasteiger partial charge is 0.335 e. The summed E-state index contributed by atoms with van der Waals surface area (Å²) in [5.74, 6) is -1.60. The molecule has 0 bridgehead atoms. The molecule has 0 fully saturated rings. The summed E-state index contributed by atoms with van der Waals surface area (Å²) in [6, 6.07) is 8.89. The van der Waals surface area contributed by atoms with Gasteiger partial charge in [0, 0.05) is 16.0 Å². The zero-order chi connectivity index (χ0) is 14.7. The number of carboxylic acid groups (broad SMARTS) is 1. The van der Waals surface area contributed by atoms with Crippen molar-refractivity contribution in [3.05, 3.63) is 62.8 Å². The van der Waals surface area contributed by atoms with E-state index < -0.39 is 11.8 Å². The van der Waals surface area contributed by atoms with Gasteiger partial charge in [-0.2, -0.15) is 0 Å². The number of carboxylic acids is 1. The second-order valence-electron chi connectivity index (χ2n) is 4.09. The van der Waals surface area contributed by atoms with Crippen LogP contribution in [-0.2, 0) is 6.54 Å². The summed E-state index contributed by atoms with van der Waals surface area (Å²) in [5.41, 5.74) is 1.06. The zero-order valence-electron chi connectivity index (χ0n) is 10.2. The molecule has 0 aromatic heterocycles. The first-order chi connectivity index (χ1) is 9.47. The van der Waals surface area contributed by atoms with Gasteiger partial charge >= 0.3 is 5.97 Å². The van der Waals surface area contributed by atoms with Gasteiger partial charge in [-0.15, -0.1) is 0 Å². The molecular weight excluding hydrogens is 349 g/mol. The van der Waals surface area contributed by atoms with Crippen molar-refractivity contribution < 1.29 is 14.3 Å². The first-order valence-corrected chi connectivity index (χ1v) is 6.85. The van der Waals surface area contributed by atoms with Crippen molar-refractivity contribution in [2.45, 2.75) is 6.54 Å². The van der Waals surface area contributed by atoms with Gasteiger partial charge in [0.1, 0.15) is 5.82 Å². The van der Waals surface area contributed by atoms with Gasteiger partial charge in [0.05, 0.1) is 11.3 Å². The minimum atomic E-state index is -1.10. The molecule has 2 aromatic carbocycles. The van der Waals surface area contributed by atoms with Crippen molar-refractivity contribution in [2.24, 2.45) is 0 Å². The van der Waals surface area contributed by atoms with Crippen LogP contribution in [0.25, 0.3) is 0 Å². The molecule has 0 heterocycles. The second kappa shape index (κ2) is 6.24. The predicted octanol–water partition coefficient (Wildman–Crippen LogP) is 4.55. The van der Waals surface area contributed by atoms with Gasteiger partial charge in [0.2, 0.25) is 0 Å². The molecule has 0 atom stereocenters. The molecule has 0 unspecified atom stereocenters. The van der Waals surface area contributed by atoms with Gasteiger partial charge in [0.25, 0.3) is 0 Å². The SMILES string of the molecule is O=C(O)c1ccc(F)c(NCc2ccc(Cl)cc2Br)c1. The molecule has 2 aromatic rings. The maximum Gasteiger partial charge on any atom is 0.335 e. The van der Waals surface area contributed by atoms with E-state index in [1.54, 1.807) is 18.2 Å². The number of benzene rings is 2. The quantitative estimate of drug-likeness (QED) is 0.843. The van der Waals surface area contributed by atoms with Crippen LogP contribution >= 0.6 is 27.5 Å². The highest BCUT2D eigenvalue weighted by molar-refractivity contribution is 9.10. The molecule has 104 valence electrons. The van der Waals surface area contributed by atoms with Gasteiger partial charge < -0.3 is 10.4 Å². The predicted molar refractivity (Wildman–Crippen MR) is 79.8 cm³/mol. The summed E-state index contributed by atoms with van der Waals surface area (Å²) in [5, 5.41) is 12.4. The first kappa shape index (κ1) is 14.8. The Balaban J connectivity index is 2.18.